The smallest absolute Gasteiger partial charge is 0.411 e. The van der Waals surface area contributed by atoms with E-state index in [-0.39, 0.29) is 18.2 Å². The molecule has 0 saturated carbocycles. The summed E-state index contributed by atoms with van der Waals surface area (Å²) in [6.07, 6.45) is -0.711. The Morgan fingerprint density at radius 2 is 1.93 bits per heavy atom. The number of rotatable bonds is 10. The molecule has 10 heteroatoms. The van der Waals surface area contributed by atoms with Crippen LogP contribution >= 0.6 is 0 Å². The Morgan fingerprint density at radius 3 is 2.71 bits per heavy atom. The van der Waals surface area contributed by atoms with Gasteiger partial charge in [0.2, 0.25) is 5.79 Å². The summed E-state index contributed by atoms with van der Waals surface area (Å²) in [4.78, 5) is 25.5. The van der Waals surface area contributed by atoms with E-state index in [0.717, 1.165) is 28.0 Å². The molecule has 2 unspecified atom stereocenters. The van der Waals surface area contributed by atoms with Crippen molar-refractivity contribution in [2.75, 3.05) is 25.1 Å². The minimum atomic E-state index is -0.658. The standard InChI is InChI=1S/C31H35N3O7/c1-20(34-17-28(40-30(34)36)23-9-12-27-24(16-23)19-39-31(2,3)41-27)22-7-10-26(11-8-22)38-14-13-37-18-21-5-4-6-25(15-21)33-29(32)35/h4-12,15-16,20,28H,13-14,17-19H2,1-3H3,(H3,32,33,35). The second-order valence-electron chi connectivity index (χ2n) is 10.5. The van der Waals surface area contributed by atoms with Crippen molar-refractivity contribution in [3.8, 4) is 11.5 Å². The van der Waals surface area contributed by atoms with Crippen LogP contribution in [-0.4, -0.2) is 42.6 Å². The normalized spacial score (nSPS) is 18.2. The maximum absolute atomic E-state index is 12.8. The second kappa shape index (κ2) is 12.1. The summed E-state index contributed by atoms with van der Waals surface area (Å²) in [5.74, 6) is 0.841. The van der Waals surface area contributed by atoms with Gasteiger partial charge in [-0.05, 0) is 60.0 Å². The third-order valence-electron chi connectivity index (χ3n) is 7.02. The van der Waals surface area contributed by atoms with Crippen LogP contribution in [0.2, 0.25) is 0 Å². The van der Waals surface area contributed by atoms with E-state index in [1.54, 1.807) is 17.0 Å². The van der Waals surface area contributed by atoms with Gasteiger partial charge >= 0.3 is 12.1 Å². The van der Waals surface area contributed by atoms with Crippen LogP contribution in [0.15, 0.2) is 66.7 Å². The molecular weight excluding hydrogens is 526 g/mol. The van der Waals surface area contributed by atoms with Gasteiger partial charge in [0.15, 0.2) is 0 Å². The lowest BCUT2D eigenvalue weighted by molar-refractivity contribution is -0.180. The first kappa shape index (κ1) is 28.3. The van der Waals surface area contributed by atoms with Crippen molar-refractivity contribution in [2.45, 2.75) is 51.9 Å². The molecule has 0 aromatic heterocycles. The highest BCUT2D eigenvalue weighted by molar-refractivity contribution is 5.87. The summed E-state index contributed by atoms with van der Waals surface area (Å²) in [6.45, 7) is 7.79. The molecule has 0 radical (unpaired) electrons. The Hall–Kier alpha value is -4.28. The summed E-state index contributed by atoms with van der Waals surface area (Å²) in [6, 6.07) is 20.0. The predicted molar refractivity (Wildman–Crippen MR) is 152 cm³/mol. The highest BCUT2D eigenvalue weighted by atomic mass is 16.7. The van der Waals surface area contributed by atoms with E-state index < -0.39 is 11.8 Å². The first-order valence-electron chi connectivity index (χ1n) is 13.6. The molecule has 3 aromatic carbocycles. The molecule has 0 bridgehead atoms. The van der Waals surface area contributed by atoms with Crippen LogP contribution in [0.5, 0.6) is 11.5 Å². The number of carbonyl (C=O) groups excluding carboxylic acids is 2. The van der Waals surface area contributed by atoms with Gasteiger partial charge in [-0.2, -0.15) is 0 Å². The number of primary amides is 1. The van der Waals surface area contributed by atoms with Crippen molar-refractivity contribution < 1.29 is 33.3 Å². The number of hydrogen-bond donors (Lipinski definition) is 2. The van der Waals surface area contributed by atoms with E-state index in [2.05, 4.69) is 5.32 Å². The van der Waals surface area contributed by atoms with Gasteiger partial charge in [0.05, 0.1) is 32.4 Å². The van der Waals surface area contributed by atoms with Gasteiger partial charge in [0.25, 0.3) is 0 Å². The van der Waals surface area contributed by atoms with E-state index in [4.69, 9.17) is 29.4 Å². The van der Waals surface area contributed by atoms with E-state index in [9.17, 15) is 9.59 Å². The van der Waals surface area contributed by atoms with Gasteiger partial charge in [-0.25, -0.2) is 9.59 Å². The number of benzene rings is 3. The topological polar surface area (TPSA) is 122 Å². The van der Waals surface area contributed by atoms with E-state index >= 15 is 0 Å². The fourth-order valence-electron chi connectivity index (χ4n) is 4.84. The summed E-state index contributed by atoms with van der Waals surface area (Å²) in [5, 5.41) is 2.54. The molecule has 2 heterocycles. The Labute approximate surface area is 239 Å². The van der Waals surface area contributed by atoms with Crippen LogP contribution in [0.3, 0.4) is 0 Å². The Balaban J connectivity index is 1.09. The lowest BCUT2D eigenvalue weighted by atomic mass is 10.0. The van der Waals surface area contributed by atoms with Crippen molar-refractivity contribution in [3.63, 3.8) is 0 Å². The van der Waals surface area contributed by atoms with Crippen LogP contribution in [-0.2, 0) is 27.4 Å². The molecule has 3 aromatic rings. The summed E-state index contributed by atoms with van der Waals surface area (Å²) in [5.41, 5.74) is 9.53. The minimum absolute atomic E-state index is 0.171. The third-order valence-corrected chi connectivity index (χ3v) is 7.02. The fraction of sp³-hybridized carbons (Fsp3) is 0.355. The molecule has 1 saturated heterocycles. The van der Waals surface area contributed by atoms with Crippen molar-refractivity contribution in [2.24, 2.45) is 5.73 Å². The number of anilines is 1. The molecule has 10 nitrogen and oxygen atoms in total. The van der Waals surface area contributed by atoms with Crippen molar-refractivity contribution in [1.29, 1.82) is 0 Å². The van der Waals surface area contributed by atoms with Gasteiger partial charge in [-0.15, -0.1) is 0 Å². The predicted octanol–water partition coefficient (Wildman–Crippen LogP) is 5.67. The Morgan fingerprint density at radius 1 is 1.12 bits per heavy atom. The number of ether oxygens (including phenoxy) is 5. The molecule has 2 atom stereocenters. The second-order valence-corrected chi connectivity index (χ2v) is 10.5. The van der Waals surface area contributed by atoms with Crippen molar-refractivity contribution >= 4 is 17.8 Å². The van der Waals surface area contributed by atoms with E-state index in [0.29, 0.717) is 44.4 Å². The van der Waals surface area contributed by atoms with E-state index in [1.165, 1.54) is 0 Å². The van der Waals surface area contributed by atoms with Crippen LogP contribution in [0.25, 0.3) is 0 Å². The largest absolute Gasteiger partial charge is 0.491 e. The number of nitrogens with zero attached hydrogens (tertiary/aromatic N) is 1. The third kappa shape index (κ3) is 7.08. The number of fused-ring (bicyclic) bond motifs is 1. The maximum atomic E-state index is 12.8. The van der Waals surface area contributed by atoms with Gasteiger partial charge in [-0.3, -0.25) is 4.90 Å². The average molecular weight is 562 g/mol. The number of nitrogens with one attached hydrogen (secondary N) is 1. The summed E-state index contributed by atoms with van der Waals surface area (Å²) >= 11 is 0. The average Bonchev–Trinajstić information content (AvgIpc) is 3.33. The number of urea groups is 1. The molecule has 2 aliphatic heterocycles. The number of carbonyl (C=O) groups is 2. The number of amides is 3. The Bertz CT molecular complexity index is 1390. The van der Waals surface area contributed by atoms with Crippen LogP contribution in [0, 0.1) is 0 Å². The Kier molecular flexibility index (Phi) is 8.32. The number of cyclic esters (lactones) is 1. The molecule has 3 amide bonds. The molecule has 216 valence electrons. The van der Waals surface area contributed by atoms with Gasteiger partial charge in [0, 0.05) is 25.1 Å². The molecule has 0 spiro atoms. The number of hydrogen-bond acceptors (Lipinski definition) is 7. The zero-order chi connectivity index (χ0) is 29.0. The summed E-state index contributed by atoms with van der Waals surface area (Å²) in [7, 11) is 0. The zero-order valence-corrected chi connectivity index (χ0v) is 23.4. The maximum Gasteiger partial charge on any atom is 0.411 e. The molecule has 2 aliphatic rings. The lowest BCUT2D eigenvalue weighted by Crippen LogP contribution is -2.35. The van der Waals surface area contributed by atoms with Gasteiger partial charge in [0.1, 0.15) is 24.2 Å². The number of nitrogens with two attached hydrogens (primary N) is 1. The molecule has 0 aliphatic carbocycles. The minimum Gasteiger partial charge on any atom is -0.491 e. The molecular formula is C31H35N3O7. The van der Waals surface area contributed by atoms with Crippen LogP contribution in [0.4, 0.5) is 15.3 Å². The molecule has 41 heavy (non-hydrogen) atoms. The highest BCUT2D eigenvalue weighted by Crippen LogP contribution is 2.37. The quantitative estimate of drug-likeness (QED) is 0.306. The van der Waals surface area contributed by atoms with E-state index in [1.807, 2.05) is 75.4 Å². The highest BCUT2D eigenvalue weighted by Gasteiger charge is 2.36. The SMILES string of the molecule is CC(c1ccc(OCCOCc2cccc(NC(N)=O)c2)cc1)N1CC(c2ccc3c(c2)COC(C)(C)O3)OC1=O. The fourth-order valence-corrected chi connectivity index (χ4v) is 4.84. The molecule has 3 N–H and O–H groups in total. The zero-order valence-electron chi connectivity index (χ0n) is 23.4. The first-order chi connectivity index (χ1) is 19.7. The van der Waals surface area contributed by atoms with Crippen molar-refractivity contribution in [3.05, 3.63) is 89.0 Å². The monoisotopic (exact) mass is 561 g/mol. The summed E-state index contributed by atoms with van der Waals surface area (Å²) < 4.78 is 28.9. The molecule has 1 fully saturated rings. The van der Waals surface area contributed by atoms with Gasteiger partial charge < -0.3 is 34.7 Å². The van der Waals surface area contributed by atoms with Crippen LogP contribution < -0.4 is 20.5 Å². The van der Waals surface area contributed by atoms with Crippen LogP contribution in [0.1, 0.15) is 55.2 Å². The van der Waals surface area contributed by atoms with Gasteiger partial charge in [-0.1, -0.05) is 30.3 Å². The van der Waals surface area contributed by atoms with Crippen molar-refractivity contribution in [1.82, 2.24) is 4.90 Å². The molecule has 5 rings (SSSR count). The lowest BCUT2D eigenvalue weighted by Gasteiger charge is -2.32. The first-order valence-corrected chi connectivity index (χ1v) is 13.6.